The van der Waals surface area contributed by atoms with Crippen molar-refractivity contribution >= 4 is 5.97 Å². The average molecular weight is 173 g/mol. The molecule has 0 spiro atoms. The molecule has 0 aromatic heterocycles. The van der Waals surface area contributed by atoms with Crippen LogP contribution in [0, 0.1) is 0 Å². The van der Waals surface area contributed by atoms with E-state index >= 15 is 0 Å². The molecular weight excluding hydrogens is 158 g/mol. The highest BCUT2D eigenvalue weighted by Crippen LogP contribution is 2.08. The SMILES string of the molecule is CC(C)OC(=O)[C@@H]1C[C@H](O)CN1. The summed E-state index contributed by atoms with van der Waals surface area (Å²) in [5, 5.41) is 12.0. The number of ether oxygens (including phenoxy) is 1. The number of carbonyl (C=O) groups excluding carboxylic acids is 1. The van der Waals surface area contributed by atoms with Crippen LogP contribution in [0.2, 0.25) is 0 Å². The fraction of sp³-hybridized carbons (Fsp3) is 0.875. The van der Waals surface area contributed by atoms with Crippen molar-refractivity contribution in [2.45, 2.75) is 38.5 Å². The Morgan fingerprint density at radius 2 is 2.33 bits per heavy atom. The second kappa shape index (κ2) is 3.87. The van der Waals surface area contributed by atoms with Crippen LogP contribution in [-0.2, 0) is 9.53 Å². The van der Waals surface area contributed by atoms with E-state index in [-0.39, 0.29) is 18.1 Å². The lowest BCUT2D eigenvalue weighted by Crippen LogP contribution is -2.33. The molecule has 70 valence electrons. The molecule has 0 unspecified atom stereocenters. The molecule has 4 nitrogen and oxygen atoms in total. The monoisotopic (exact) mass is 173 g/mol. The van der Waals surface area contributed by atoms with Crippen molar-refractivity contribution in [2.24, 2.45) is 0 Å². The Morgan fingerprint density at radius 1 is 1.67 bits per heavy atom. The van der Waals surface area contributed by atoms with Gasteiger partial charge >= 0.3 is 5.97 Å². The van der Waals surface area contributed by atoms with Crippen LogP contribution < -0.4 is 5.32 Å². The molecule has 1 fully saturated rings. The summed E-state index contributed by atoms with van der Waals surface area (Å²) in [5.74, 6) is -0.262. The predicted molar refractivity (Wildman–Crippen MR) is 43.6 cm³/mol. The molecule has 0 bridgehead atoms. The minimum absolute atomic E-state index is 0.0861. The first-order chi connectivity index (χ1) is 5.59. The number of rotatable bonds is 2. The lowest BCUT2D eigenvalue weighted by molar-refractivity contribution is -0.149. The van der Waals surface area contributed by atoms with E-state index in [4.69, 9.17) is 9.84 Å². The Morgan fingerprint density at radius 3 is 2.75 bits per heavy atom. The topological polar surface area (TPSA) is 58.6 Å². The molecule has 2 atom stereocenters. The van der Waals surface area contributed by atoms with E-state index in [1.54, 1.807) is 0 Å². The largest absolute Gasteiger partial charge is 0.462 e. The molecular formula is C8H15NO3. The van der Waals surface area contributed by atoms with Crippen LogP contribution in [-0.4, -0.2) is 35.9 Å². The summed E-state index contributed by atoms with van der Waals surface area (Å²) in [6.45, 7) is 4.10. The third kappa shape index (κ3) is 2.46. The van der Waals surface area contributed by atoms with Gasteiger partial charge in [-0.1, -0.05) is 0 Å². The normalized spacial score (nSPS) is 29.3. The number of β-amino-alcohol motifs (C(OH)–C–C–N with tert-alkyl or cyclic N) is 1. The van der Waals surface area contributed by atoms with Gasteiger partial charge < -0.3 is 15.2 Å². The predicted octanol–water partition coefficient (Wildman–Crippen LogP) is -0.339. The van der Waals surface area contributed by atoms with Gasteiger partial charge in [-0.25, -0.2) is 0 Å². The fourth-order valence-corrected chi connectivity index (χ4v) is 1.21. The minimum atomic E-state index is -0.408. The van der Waals surface area contributed by atoms with Gasteiger partial charge in [0.15, 0.2) is 0 Å². The van der Waals surface area contributed by atoms with E-state index in [1.807, 2.05) is 13.8 Å². The van der Waals surface area contributed by atoms with Crippen molar-refractivity contribution in [1.82, 2.24) is 5.32 Å². The lowest BCUT2D eigenvalue weighted by atomic mass is 10.2. The first-order valence-corrected chi connectivity index (χ1v) is 4.21. The van der Waals surface area contributed by atoms with Crippen LogP contribution in [0.4, 0.5) is 0 Å². The molecule has 0 radical (unpaired) electrons. The van der Waals surface area contributed by atoms with Crippen LogP contribution in [0.1, 0.15) is 20.3 Å². The van der Waals surface area contributed by atoms with E-state index < -0.39 is 6.10 Å². The van der Waals surface area contributed by atoms with Crippen LogP contribution in [0.25, 0.3) is 0 Å². The first-order valence-electron chi connectivity index (χ1n) is 4.21. The zero-order valence-electron chi connectivity index (χ0n) is 7.41. The van der Waals surface area contributed by atoms with Crippen molar-refractivity contribution in [3.8, 4) is 0 Å². The quantitative estimate of drug-likeness (QED) is 0.561. The minimum Gasteiger partial charge on any atom is -0.462 e. The van der Waals surface area contributed by atoms with Gasteiger partial charge in [-0.05, 0) is 13.8 Å². The summed E-state index contributed by atoms with van der Waals surface area (Å²) in [6.07, 6.45) is -0.0299. The standard InChI is InChI=1S/C8H15NO3/c1-5(2)12-8(11)7-3-6(10)4-9-7/h5-7,9-10H,3-4H2,1-2H3/t6-,7-/m0/s1. The van der Waals surface area contributed by atoms with Crippen molar-refractivity contribution in [1.29, 1.82) is 0 Å². The van der Waals surface area contributed by atoms with Gasteiger partial charge in [0.1, 0.15) is 6.04 Å². The van der Waals surface area contributed by atoms with Gasteiger partial charge in [-0.2, -0.15) is 0 Å². The van der Waals surface area contributed by atoms with E-state index in [9.17, 15) is 4.79 Å². The zero-order valence-corrected chi connectivity index (χ0v) is 7.41. The van der Waals surface area contributed by atoms with Crippen molar-refractivity contribution in [3.63, 3.8) is 0 Å². The summed E-state index contributed by atoms with van der Waals surface area (Å²) < 4.78 is 4.97. The Balaban J connectivity index is 2.33. The van der Waals surface area contributed by atoms with Crippen LogP contribution in [0.3, 0.4) is 0 Å². The highest BCUT2D eigenvalue weighted by Gasteiger charge is 2.29. The molecule has 12 heavy (non-hydrogen) atoms. The Kier molecular flexibility index (Phi) is 3.05. The molecule has 1 heterocycles. The summed E-state index contributed by atoms with van der Waals surface area (Å²) in [7, 11) is 0. The van der Waals surface area contributed by atoms with Gasteiger partial charge in [0.25, 0.3) is 0 Å². The van der Waals surface area contributed by atoms with Gasteiger partial charge in [0.2, 0.25) is 0 Å². The Labute approximate surface area is 71.9 Å². The highest BCUT2D eigenvalue weighted by atomic mass is 16.5. The molecule has 1 rings (SSSR count). The summed E-state index contributed by atoms with van der Waals surface area (Å²) >= 11 is 0. The average Bonchev–Trinajstić information content (AvgIpc) is 2.34. The maximum Gasteiger partial charge on any atom is 0.323 e. The van der Waals surface area contributed by atoms with E-state index in [1.165, 1.54) is 0 Å². The molecule has 1 aliphatic heterocycles. The van der Waals surface area contributed by atoms with Crippen LogP contribution >= 0.6 is 0 Å². The van der Waals surface area contributed by atoms with Crippen LogP contribution in [0.15, 0.2) is 0 Å². The molecule has 1 saturated heterocycles. The maximum absolute atomic E-state index is 11.2. The number of aliphatic hydroxyl groups is 1. The summed E-state index contributed by atoms with van der Waals surface area (Å²) in [4.78, 5) is 11.2. The smallest absolute Gasteiger partial charge is 0.323 e. The third-order valence-corrected chi connectivity index (χ3v) is 1.74. The molecule has 4 heteroatoms. The highest BCUT2D eigenvalue weighted by molar-refractivity contribution is 5.76. The number of carbonyl (C=O) groups is 1. The van der Waals surface area contributed by atoms with E-state index in [2.05, 4.69) is 5.32 Å². The van der Waals surface area contributed by atoms with Gasteiger partial charge in [-0.15, -0.1) is 0 Å². The van der Waals surface area contributed by atoms with Crippen molar-refractivity contribution in [2.75, 3.05) is 6.54 Å². The van der Waals surface area contributed by atoms with Gasteiger partial charge in [-0.3, -0.25) is 4.79 Å². The fourth-order valence-electron chi connectivity index (χ4n) is 1.21. The molecule has 1 aliphatic rings. The number of hydrogen-bond acceptors (Lipinski definition) is 4. The van der Waals surface area contributed by atoms with Gasteiger partial charge in [0, 0.05) is 13.0 Å². The van der Waals surface area contributed by atoms with Crippen molar-refractivity contribution in [3.05, 3.63) is 0 Å². The second-order valence-corrected chi connectivity index (χ2v) is 3.34. The number of esters is 1. The summed E-state index contributed by atoms with van der Waals surface area (Å²) in [6, 6.07) is -0.317. The molecule has 0 aromatic carbocycles. The first kappa shape index (κ1) is 9.48. The second-order valence-electron chi connectivity index (χ2n) is 3.34. The van der Waals surface area contributed by atoms with E-state index in [0.717, 1.165) is 0 Å². The lowest BCUT2D eigenvalue weighted by Gasteiger charge is -2.12. The van der Waals surface area contributed by atoms with Gasteiger partial charge in [0.05, 0.1) is 12.2 Å². The Bertz CT molecular complexity index is 170. The maximum atomic E-state index is 11.2. The third-order valence-electron chi connectivity index (χ3n) is 1.74. The van der Waals surface area contributed by atoms with Crippen LogP contribution in [0.5, 0.6) is 0 Å². The van der Waals surface area contributed by atoms with Crippen molar-refractivity contribution < 1.29 is 14.6 Å². The summed E-state index contributed by atoms with van der Waals surface area (Å²) in [5.41, 5.74) is 0. The molecule has 0 aromatic rings. The molecule has 2 N–H and O–H groups in total. The zero-order chi connectivity index (χ0) is 9.14. The molecule has 0 aliphatic carbocycles. The molecule has 0 saturated carbocycles. The number of hydrogen-bond donors (Lipinski definition) is 2. The number of aliphatic hydroxyl groups excluding tert-OH is 1. The van der Waals surface area contributed by atoms with E-state index in [0.29, 0.717) is 13.0 Å². The number of nitrogens with one attached hydrogen (secondary N) is 1. The molecule has 0 amide bonds. The Hall–Kier alpha value is -0.610.